The summed E-state index contributed by atoms with van der Waals surface area (Å²) >= 11 is 0. The first-order chi connectivity index (χ1) is 15.3. The Bertz CT molecular complexity index is 1130. The van der Waals surface area contributed by atoms with Crippen LogP contribution in [0.2, 0.25) is 0 Å². The number of sulfonamides is 1. The largest absolute Gasteiger partial charge is 0.455 e. The van der Waals surface area contributed by atoms with Crippen LogP contribution in [0.5, 0.6) is 11.5 Å². The molecule has 1 amide bonds. The maximum absolute atomic E-state index is 12.5. The van der Waals surface area contributed by atoms with Crippen molar-refractivity contribution in [3.63, 3.8) is 0 Å². The Morgan fingerprint density at radius 2 is 1.56 bits per heavy atom. The normalized spacial score (nSPS) is 11.3. The second-order valence-electron chi connectivity index (χ2n) is 7.85. The highest BCUT2D eigenvalue weighted by Crippen LogP contribution is 2.29. The maximum atomic E-state index is 12.5. The van der Waals surface area contributed by atoms with Crippen LogP contribution in [0, 0.1) is 5.92 Å². The van der Waals surface area contributed by atoms with Crippen LogP contribution >= 0.6 is 0 Å². The van der Waals surface area contributed by atoms with Gasteiger partial charge in [0.05, 0.1) is 10.6 Å². The molecule has 0 radical (unpaired) electrons. The molecule has 3 aromatic carbocycles. The van der Waals surface area contributed by atoms with Crippen molar-refractivity contribution in [1.29, 1.82) is 0 Å². The number of aryl methyl sites for hydroxylation is 1. The minimum absolute atomic E-state index is 0.149. The standard InChI is InChI=1S/C25H28N2O4S/c1-19(2)18-26-32(29,30)22-15-12-20(13-16-22)14-17-25(28)27-23-10-6-7-11-24(23)31-21-8-4-3-5-9-21/h3-13,15-16,19,26H,14,17-18H2,1-2H3,(H,27,28). The monoisotopic (exact) mass is 452 g/mol. The van der Waals surface area contributed by atoms with Crippen molar-refractivity contribution in [1.82, 2.24) is 4.72 Å². The van der Waals surface area contributed by atoms with E-state index in [0.717, 1.165) is 5.56 Å². The third-order valence-electron chi connectivity index (χ3n) is 4.69. The van der Waals surface area contributed by atoms with Crippen molar-refractivity contribution in [2.24, 2.45) is 5.92 Å². The first-order valence-corrected chi connectivity index (χ1v) is 12.0. The van der Waals surface area contributed by atoms with Crippen LogP contribution in [0.3, 0.4) is 0 Å². The summed E-state index contributed by atoms with van der Waals surface area (Å²) in [5.41, 5.74) is 1.48. The zero-order valence-corrected chi connectivity index (χ0v) is 19.1. The van der Waals surface area contributed by atoms with Gasteiger partial charge in [0, 0.05) is 13.0 Å². The Morgan fingerprint density at radius 3 is 2.25 bits per heavy atom. The van der Waals surface area contributed by atoms with Crippen LogP contribution in [0.25, 0.3) is 0 Å². The number of amides is 1. The van der Waals surface area contributed by atoms with Crippen molar-refractivity contribution in [3.05, 3.63) is 84.4 Å². The van der Waals surface area contributed by atoms with Crippen molar-refractivity contribution in [2.45, 2.75) is 31.6 Å². The van der Waals surface area contributed by atoms with E-state index in [4.69, 9.17) is 4.74 Å². The van der Waals surface area contributed by atoms with Gasteiger partial charge in [-0.1, -0.05) is 56.3 Å². The maximum Gasteiger partial charge on any atom is 0.240 e. The Balaban J connectivity index is 1.57. The van der Waals surface area contributed by atoms with Crippen LogP contribution in [0.4, 0.5) is 5.69 Å². The lowest BCUT2D eigenvalue weighted by atomic mass is 10.1. The van der Waals surface area contributed by atoms with E-state index in [1.165, 1.54) is 0 Å². The number of ether oxygens (including phenoxy) is 1. The molecule has 2 N–H and O–H groups in total. The quantitative estimate of drug-likeness (QED) is 0.454. The highest BCUT2D eigenvalue weighted by molar-refractivity contribution is 7.89. The number of rotatable bonds is 10. The molecule has 7 heteroatoms. The van der Waals surface area contributed by atoms with E-state index in [1.807, 2.05) is 56.3 Å². The topological polar surface area (TPSA) is 84.5 Å². The summed E-state index contributed by atoms with van der Waals surface area (Å²) in [7, 11) is -3.52. The van der Waals surface area contributed by atoms with Gasteiger partial charge in [-0.3, -0.25) is 4.79 Å². The molecule has 0 saturated heterocycles. The summed E-state index contributed by atoms with van der Waals surface area (Å²) in [6.45, 7) is 4.28. The molecule has 0 atom stereocenters. The van der Waals surface area contributed by atoms with E-state index in [2.05, 4.69) is 10.0 Å². The summed E-state index contributed by atoms with van der Waals surface area (Å²) in [5.74, 6) is 1.33. The van der Waals surface area contributed by atoms with Gasteiger partial charge in [-0.05, 0) is 54.3 Å². The van der Waals surface area contributed by atoms with E-state index in [9.17, 15) is 13.2 Å². The second kappa shape index (κ2) is 10.9. The van der Waals surface area contributed by atoms with Crippen LogP contribution < -0.4 is 14.8 Å². The predicted octanol–water partition coefficient (Wildman–Crippen LogP) is 4.98. The summed E-state index contributed by atoms with van der Waals surface area (Å²) in [4.78, 5) is 12.7. The van der Waals surface area contributed by atoms with E-state index in [-0.39, 0.29) is 23.1 Å². The highest BCUT2D eigenvalue weighted by Gasteiger charge is 2.14. The third kappa shape index (κ3) is 6.93. The number of carbonyl (C=O) groups excluding carboxylic acids is 1. The number of anilines is 1. The number of para-hydroxylation sites is 3. The average Bonchev–Trinajstić information content (AvgIpc) is 2.79. The highest BCUT2D eigenvalue weighted by atomic mass is 32.2. The van der Waals surface area contributed by atoms with Crippen molar-refractivity contribution in [2.75, 3.05) is 11.9 Å². The third-order valence-corrected chi connectivity index (χ3v) is 6.13. The molecule has 0 aromatic heterocycles. The molecular weight excluding hydrogens is 424 g/mol. The van der Waals surface area contributed by atoms with Crippen LogP contribution in [0.15, 0.2) is 83.8 Å². The number of carbonyl (C=O) groups is 1. The zero-order valence-electron chi connectivity index (χ0n) is 18.2. The molecule has 0 unspecified atom stereocenters. The number of hydrogen-bond acceptors (Lipinski definition) is 4. The van der Waals surface area contributed by atoms with Gasteiger partial charge >= 0.3 is 0 Å². The van der Waals surface area contributed by atoms with Crippen LogP contribution in [-0.4, -0.2) is 20.9 Å². The molecule has 168 valence electrons. The molecule has 0 aliphatic carbocycles. The van der Waals surface area contributed by atoms with Crippen LogP contribution in [-0.2, 0) is 21.2 Å². The minimum atomic E-state index is -3.52. The Hall–Kier alpha value is -3.16. The summed E-state index contributed by atoms with van der Waals surface area (Å²) in [6, 6.07) is 23.3. The lowest BCUT2D eigenvalue weighted by Crippen LogP contribution is -2.27. The van der Waals surface area contributed by atoms with E-state index >= 15 is 0 Å². The smallest absolute Gasteiger partial charge is 0.240 e. The van der Waals surface area contributed by atoms with Gasteiger partial charge in [0.15, 0.2) is 5.75 Å². The fourth-order valence-corrected chi connectivity index (χ4v) is 4.15. The number of nitrogens with one attached hydrogen (secondary N) is 2. The predicted molar refractivity (Wildman–Crippen MR) is 126 cm³/mol. The van der Waals surface area contributed by atoms with E-state index < -0.39 is 10.0 Å². The zero-order chi connectivity index (χ0) is 23.0. The fraction of sp³-hybridized carbons (Fsp3) is 0.240. The summed E-state index contributed by atoms with van der Waals surface area (Å²) < 4.78 is 33.1. The molecule has 6 nitrogen and oxygen atoms in total. The Kier molecular flexibility index (Phi) is 8.03. The summed E-state index contributed by atoms with van der Waals surface area (Å²) in [5, 5.41) is 2.89. The minimum Gasteiger partial charge on any atom is -0.455 e. The Morgan fingerprint density at radius 1 is 0.906 bits per heavy atom. The average molecular weight is 453 g/mol. The SMILES string of the molecule is CC(C)CNS(=O)(=O)c1ccc(CCC(=O)Nc2ccccc2Oc2ccccc2)cc1. The molecule has 3 rings (SSSR count). The van der Waals surface area contributed by atoms with E-state index in [1.54, 1.807) is 36.4 Å². The Labute approximate surface area is 189 Å². The molecule has 3 aromatic rings. The molecule has 0 aliphatic rings. The summed E-state index contributed by atoms with van der Waals surface area (Å²) in [6.07, 6.45) is 0.755. The van der Waals surface area contributed by atoms with Gasteiger partial charge in [0.1, 0.15) is 5.75 Å². The fourth-order valence-electron chi connectivity index (χ4n) is 2.94. The van der Waals surface area contributed by atoms with Gasteiger partial charge in [-0.25, -0.2) is 13.1 Å². The van der Waals surface area contributed by atoms with Gasteiger partial charge in [0.2, 0.25) is 15.9 Å². The lowest BCUT2D eigenvalue weighted by Gasteiger charge is -2.12. The first kappa shape index (κ1) is 23.5. The second-order valence-corrected chi connectivity index (χ2v) is 9.62. The van der Waals surface area contributed by atoms with Crippen molar-refractivity contribution in [3.8, 4) is 11.5 Å². The molecular formula is C25H28N2O4S. The van der Waals surface area contributed by atoms with Gasteiger partial charge in [-0.2, -0.15) is 0 Å². The van der Waals surface area contributed by atoms with Crippen molar-refractivity contribution >= 4 is 21.6 Å². The molecule has 0 fully saturated rings. The molecule has 0 heterocycles. The lowest BCUT2D eigenvalue weighted by molar-refractivity contribution is -0.116. The van der Waals surface area contributed by atoms with Gasteiger partial charge < -0.3 is 10.1 Å². The van der Waals surface area contributed by atoms with Gasteiger partial charge in [0.25, 0.3) is 0 Å². The molecule has 32 heavy (non-hydrogen) atoms. The molecule has 0 aliphatic heterocycles. The first-order valence-electron chi connectivity index (χ1n) is 10.5. The number of benzene rings is 3. The van der Waals surface area contributed by atoms with Gasteiger partial charge in [-0.15, -0.1) is 0 Å². The number of hydrogen-bond donors (Lipinski definition) is 2. The molecule has 0 spiro atoms. The molecule has 0 saturated carbocycles. The van der Waals surface area contributed by atoms with Crippen molar-refractivity contribution < 1.29 is 17.9 Å². The molecule has 0 bridgehead atoms. The van der Waals surface area contributed by atoms with E-state index in [0.29, 0.717) is 30.2 Å². The van der Waals surface area contributed by atoms with Crippen LogP contribution in [0.1, 0.15) is 25.8 Å².